The Labute approximate surface area is 98.4 Å². The number of halogens is 1. The van der Waals surface area contributed by atoms with Gasteiger partial charge >= 0.3 is 0 Å². The van der Waals surface area contributed by atoms with Crippen LogP contribution in [-0.4, -0.2) is 16.2 Å². The van der Waals surface area contributed by atoms with Crippen molar-refractivity contribution in [2.45, 2.75) is 18.6 Å². The number of nitro groups is 1. The molecule has 0 aliphatic carbocycles. The van der Waals surface area contributed by atoms with Gasteiger partial charge in [0.05, 0.1) is 10.6 Å². The van der Waals surface area contributed by atoms with Gasteiger partial charge < -0.3 is 5.32 Å². The van der Waals surface area contributed by atoms with Crippen LogP contribution >= 0.6 is 12.6 Å². The highest BCUT2D eigenvalue weighted by atomic mass is 32.1. The molecule has 0 aromatic heterocycles. The first-order valence-corrected chi connectivity index (χ1v) is 5.14. The van der Waals surface area contributed by atoms with Gasteiger partial charge in [0, 0.05) is 23.4 Å². The average Bonchev–Trinajstić information content (AvgIpc) is 2.14. The van der Waals surface area contributed by atoms with Gasteiger partial charge in [-0.1, -0.05) is 0 Å². The zero-order valence-electron chi connectivity index (χ0n) is 9.03. The fraction of sp³-hybridized carbons (Fsp3) is 0.400. The molecular formula is C10H13FN2O2S. The molecular weight excluding hydrogens is 231 g/mol. The predicted molar refractivity (Wildman–Crippen MR) is 64.6 cm³/mol. The average molecular weight is 244 g/mol. The Hall–Kier alpha value is -1.30. The summed E-state index contributed by atoms with van der Waals surface area (Å²) in [6, 6.07) is 3.38. The molecule has 1 aromatic carbocycles. The molecule has 0 atom stereocenters. The van der Waals surface area contributed by atoms with Crippen LogP contribution in [0.3, 0.4) is 0 Å². The van der Waals surface area contributed by atoms with E-state index in [0.717, 1.165) is 12.1 Å². The van der Waals surface area contributed by atoms with E-state index in [-0.39, 0.29) is 16.1 Å². The summed E-state index contributed by atoms with van der Waals surface area (Å²) < 4.78 is 13.0. The topological polar surface area (TPSA) is 55.2 Å². The van der Waals surface area contributed by atoms with Crippen LogP contribution < -0.4 is 5.32 Å². The summed E-state index contributed by atoms with van der Waals surface area (Å²) in [6.45, 7) is 4.13. The fourth-order valence-corrected chi connectivity index (χ4v) is 1.15. The maximum Gasteiger partial charge on any atom is 0.271 e. The quantitative estimate of drug-likeness (QED) is 0.486. The van der Waals surface area contributed by atoms with Crippen LogP contribution in [0, 0.1) is 15.9 Å². The maximum atomic E-state index is 13.3. The normalized spacial score (nSPS) is 11.2. The lowest BCUT2D eigenvalue weighted by molar-refractivity contribution is -0.384. The predicted octanol–water partition coefficient (Wildman–Crippen LogP) is 2.85. The van der Waals surface area contributed by atoms with E-state index in [2.05, 4.69) is 17.9 Å². The first-order chi connectivity index (χ1) is 7.29. The van der Waals surface area contributed by atoms with Crippen molar-refractivity contribution in [2.75, 3.05) is 11.9 Å². The van der Waals surface area contributed by atoms with Crippen molar-refractivity contribution in [1.29, 1.82) is 0 Å². The molecule has 0 saturated heterocycles. The van der Waals surface area contributed by atoms with E-state index in [9.17, 15) is 14.5 Å². The SMILES string of the molecule is CC(C)(S)CNc1cc([N+](=O)[O-])ccc1F. The number of benzene rings is 1. The second-order valence-electron chi connectivity index (χ2n) is 4.09. The van der Waals surface area contributed by atoms with Crippen molar-refractivity contribution >= 4 is 24.0 Å². The number of nitro benzene ring substituents is 1. The van der Waals surface area contributed by atoms with Crippen LogP contribution in [0.2, 0.25) is 0 Å². The third kappa shape index (κ3) is 3.69. The van der Waals surface area contributed by atoms with Gasteiger partial charge in [0.15, 0.2) is 0 Å². The lowest BCUT2D eigenvalue weighted by atomic mass is 10.2. The van der Waals surface area contributed by atoms with Crippen molar-refractivity contribution < 1.29 is 9.31 Å². The fourth-order valence-electron chi connectivity index (χ4n) is 1.07. The van der Waals surface area contributed by atoms with E-state index in [1.165, 1.54) is 6.07 Å². The summed E-state index contributed by atoms with van der Waals surface area (Å²) in [5.41, 5.74) is -0.0165. The summed E-state index contributed by atoms with van der Waals surface area (Å²) in [5.74, 6) is -0.511. The van der Waals surface area contributed by atoms with Crippen LogP contribution in [-0.2, 0) is 0 Å². The van der Waals surface area contributed by atoms with Crippen LogP contribution in [0.4, 0.5) is 15.8 Å². The molecule has 0 heterocycles. The number of thiol groups is 1. The standard InChI is InChI=1S/C10H13FN2O2S/c1-10(2,16)6-12-9-5-7(13(14)15)3-4-8(9)11/h3-5,12,16H,6H2,1-2H3. The van der Waals surface area contributed by atoms with Gasteiger partial charge in [-0.2, -0.15) is 12.6 Å². The zero-order chi connectivity index (χ0) is 12.3. The van der Waals surface area contributed by atoms with Crippen molar-refractivity contribution in [3.05, 3.63) is 34.1 Å². The summed E-state index contributed by atoms with van der Waals surface area (Å²) in [7, 11) is 0. The molecule has 6 heteroatoms. The molecule has 0 fully saturated rings. The van der Waals surface area contributed by atoms with Crippen LogP contribution in [0.5, 0.6) is 0 Å². The van der Waals surface area contributed by atoms with Gasteiger partial charge in [0.25, 0.3) is 5.69 Å². The first-order valence-electron chi connectivity index (χ1n) is 4.70. The van der Waals surface area contributed by atoms with E-state index in [4.69, 9.17) is 0 Å². The summed E-state index contributed by atoms with van der Waals surface area (Å²) >= 11 is 4.27. The Morgan fingerprint density at radius 1 is 1.56 bits per heavy atom. The lowest BCUT2D eigenvalue weighted by Gasteiger charge is -2.18. The summed E-state index contributed by atoms with van der Waals surface area (Å²) in [4.78, 5) is 9.95. The molecule has 0 aliphatic rings. The number of nitrogens with one attached hydrogen (secondary N) is 1. The molecule has 1 N–H and O–H groups in total. The van der Waals surface area contributed by atoms with Crippen molar-refractivity contribution in [1.82, 2.24) is 0 Å². The Morgan fingerprint density at radius 3 is 2.69 bits per heavy atom. The van der Waals surface area contributed by atoms with Gasteiger partial charge in [0.2, 0.25) is 0 Å². The van der Waals surface area contributed by atoms with E-state index in [1.54, 1.807) is 0 Å². The number of rotatable bonds is 4. The molecule has 1 rings (SSSR count). The van der Waals surface area contributed by atoms with Crippen LogP contribution in [0.1, 0.15) is 13.8 Å². The van der Waals surface area contributed by atoms with Crippen molar-refractivity contribution in [3.8, 4) is 0 Å². The van der Waals surface area contributed by atoms with Crippen molar-refractivity contribution in [3.63, 3.8) is 0 Å². The van der Waals surface area contributed by atoms with Gasteiger partial charge in [-0.3, -0.25) is 10.1 Å². The first kappa shape index (κ1) is 12.8. The smallest absolute Gasteiger partial charge is 0.271 e. The molecule has 0 unspecified atom stereocenters. The summed E-state index contributed by atoms with van der Waals surface area (Å²) in [5, 5.41) is 13.3. The molecule has 88 valence electrons. The number of non-ortho nitro benzene ring substituents is 1. The lowest BCUT2D eigenvalue weighted by Crippen LogP contribution is -2.23. The van der Waals surface area contributed by atoms with Crippen molar-refractivity contribution in [2.24, 2.45) is 0 Å². The largest absolute Gasteiger partial charge is 0.381 e. The molecule has 0 saturated carbocycles. The Balaban J connectivity index is 2.86. The second kappa shape index (κ2) is 4.69. The van der Waals surface area contributed by atoms with Gasteiger partial charge in [-0.15, -0.1) is 0 Å². The molecule has 4 nitrogen and oxygen atoms in total. The van der Waals surface area contributed by atoms with Crippen LogP contribution in [0.15, 0.2) is 18.2 Å². The maximum absolute atomic E-state index is 13.3. The highest BCUT2D eigenvalue weighted by Crippen LogP contribution is 2.22. The molecule has 0 bridgehead atoms. The molecule has 0 aliphatic heterocycles. The highest BCUT2D eigenvalue weighted by molar-refractivity contribution is 7.81. The molecule has 0 radical (unpaired) electrons. The third-order valence-electron chi connectivity index (χ3n) is 1.87. The minimum absolute atomic E-state index is 0.122. The molecule has 16 heavy (non-hydrogen) atoms. The highest BCUT2D eigenvalue weighted by Gasteiger charge is 2.14. The number of hydrogen-bond donors (Lipinski definition) is 2. The van der Waals surface area contributed by atoms with E-state index in [0.29, 0.717) is 6.54 Å². The Bertz CT molecular complexity index is 404. The van der Waals surface area contributed by atoms with E-state index in [1.807, 2.05) is 13.8 Å². The zero-order valence-corrected chi connectivity index (χ0v) is 9.92. The van der Waals surface area contributed by atoms with Gasteiger partial charge in [0.1, 0.15) is 5.82 Å². The van der Waals surface area contributed by atoms with E-state index >= 15 is 0 Å². The monoisotopic (exact) mass is 244 g/mol. The van der Waals surface area contributed by atoms with Gasteiger partial charge in [-0.25, -0.2) is 4.39 Å². The second-order valence-corrected chi connectivity index (χ2v) is 5.30. The van der Waals surface area contributed by atoms with Crippen LogP contribution in [0.25, 0.3) is 0 Å². The molecule has 0 amide bonds. The molecule has 0 spiro atoms. The minimum Gasteiger partial charge on any atom is -0.381 e. The number of nitrogens with zero attached hydrogens (tertiary/aromatic N) is 1. The Kier molecular flexibility index (Phi) is 3.74. The number of anilines is 1. The minimum atomic E-state index is -0.559. The van der Waals surface area contributed by atoms with E-state index < -0.39 is 10.7 Å². The summed E-state index contributed by atoms with van der Waals surface area (Å²) in [6.07, 6.45) is 0. The molecule has 1 aromatic rings. The number of hydrogen-bond acceptors (Lipinski definition) is 4. The Morgan fingerprint density at radius 2 is 2.19 bits per heavy atom. The third-order valence-corrected chi connectivity index (χ3v) is 2.03. The van der Waals surface area contributed by atoms with Gasteiger partial charge in [-0.05, 0) is 19.9 Å².